The van der Waals surface area contributed by atoms with Crippen LogP contribution in [0.25, 0.3) is 10.9 Å². The number of halogens is 1. The first-order valence-corrected chi connectivity index (χ1v) is 9.77. The normalized spacial score (nSPS) is 15.9. The smallest absolute Gasteiger partial charge is 0.224 e. The molecule has 0 saturated heterocycles. The van der Waals surface area contributed by atoms with Crippen LogP contribution in [0.3, 0.4) is 0 Å². The van der Waals surface area contributed by atoms with Gasteiger partial charge in [-0.05, 0) is 48.6 Å². The second-order valence-corrected chi connectivity index (χ2v) is 7.47. The van der Waals surface area contributed by atoms with E-state index in [1.54, 1.807) is 14.2 Å². The van der Waals surface area contributed by atoms with Crippen molar-refractivity contribution in [3.05, 3.63) is 58.2 Å². The zero-order valence-corrected chi connectivity index (χ0v) is 16.7. The summed E-state index contributed by atoms with van der Waals surface area (Å²) >= 11 is 6.35. The molecule has 2 aromatic carbocycles. The molecular weight excluding hydrogens is 376 g/mol. The fourth-order valence-corrected chi connectivity index (χ4v) is 4.24. The Bertz CT molecular complexity index is 1030. The number of ether oxygens (including phenoxy) is 2. The van der Waals surface area contributed by atoms with Crippen molar-refractivity contribution in [1.82, 2.24) is 10.3 Å². The van der Waals surface area contributed by atoms with E-state index in [-0.39, 0.29) is 18.4 Å². The van der Waals surface area contributed by atoms with E-state index < -0.39 is 0 Å². The highest BCUT2D eigenvalue weighted by molar-refractivity contribution is 6.35. The van der Waals surface area contributed by atoms with Crippen molar-refractivity contribution in [1.29, 1.82) is 0 Å². The first-order chi connectivity index (χ1) is 13.6. The molecule has 0 radical (unpaired) electrons. The number of para-hydroxylation sites is 1. The Balaban J connectivity index is 1.53. The third-order valence-electron chi connectivity index (χ3n) is 5.34. The molecule has 0 fully saturated rings. The number of hydrogen-bond acceptors (Lipinski definition) is 3. The summed E-state index contributed by atoms with van der Waals surface area (Å²) in [5.41, 5.74) is 4.18. The number of aromatic amines is 1. The lowest BCUT2D eigenvalue weighted by Gasteiger charge is -2.24. The molecule has 1 amide bonds. The lowest BCUT2D eigenvalue weighted by Crippen LogP contribution is -2.32. The van der Waals surface area contributed by atoms with Gasteiger partial charge in [-0.3, -0.25) is 4.79 Å². The van der Waals surface area contributed by atoms with E-state index >= 15 is 0 Å². The Morgan fingerprint density at radius 1 is 1.21 bits per heavy atom. The van der Waals surface area contributed by atoms with Crippen LogP contribution in [0.15, 0.2) is 36.4 Å². The third-order valence-corrected chi connectivity index (χ3v) is 5.65. The van der Waals surface area contributed by atoms with Gasteiger partial charge < -0.3 is 19.8 Å². The molecule has 1 unspecified atom stereocenters. The van der Waals surface area contributed by atoms with Crippen molar-refractivity contribution in [2.24, 2.45) is 0 Å². The molecule has 4 rings (SSSR count). The summed E-state index contributed by atoms with van der Waals surface area (Å²) in [6, 6.07) is 11.5. The molecule has 6 heteroatoms. The molecular formula is C22H23ClN2O3. The highest BCUT2D eigenvalue weighted by atomic mass is 35.5. The second kappa shape index (κ2) is 7.76. The second-order valence-electron chi connectivity index (χ2n) is 7.06. The number of methoxy groups -OCH3 is 2. The number of carbonyl (C=O) groups is 1. The van der Waals surface area contributed by atoms with Gasteiger partial charge in [0.1, 0.15) is 0 Å². The molecule has 1 aliphatic rings. The van der Waals surface area contributed by atoms with Gasteiger partial charge in [0.2, 0.25) is 5.91 Å². The minimum Gasteiger partial charge on any atom is -0.493 e. The van der Waals surface area contributed by atoms with Crippen LogP contribution in [-0.4, -0.2) is 25.1 Å². The van der Waals surface area contributed by atoms with E-state index in [0.29, 0.717) is 16.5 Å². The average molecular weight is 399 g/mol. The SMILES string of the molecule is COc1ccc(CC(=O)NC2CCCc3c2[nH]c2c(Cl)cccc32)cc1OC. The van der Waals surface area contributed by atoms with Crippen molar-refractivity contribution in [3.63, 3.8) is 0 Å². The Morgan fingerprint density at radius 2 is 2.04 bits per heavy atom. The molecule has 1 heterocycles. The Labute approximate surface area is 169 Å². The van der Waals surface area contributed by atoms with Gasteiger partial charge in [-0.1, -0.05) is 29.8 Å². The van der Waals surface area contributed by atoms with Gasteiger partial charge in [-0.2, -0.15) is 0 Å². The van der Waals surface area contributed by atoms with Crippen molar-refractivity contribution in [2.75, 3.05) is 14.2 Å². The van der Waals surface area contributed by atoms with Crippen LogP contribution in [0, 0.1) is 0 Å². The van der Waals surface area contributed by atoms with Gasteiger partial charge in [-0.15, -0.1) is 0 Å². The number of benzene rings is 2. The molecule has 0 saturated carbocycles. The van der Waals surface area contributed by atoms with E-state index in [4.69, 9.17) is 21.1 Å². The van der Waals surface area contributed by atoms with Crippen molar-refractivity contribution in [2.45, 2.75) is 31.7 Å². The summed E-state index contributed by atoms with van der Waals surface area (Å²) in [5.74, 6) is 1.26. The molecule has 1 aliphatic carbocycles. The van der Waals surface area contributed by atoms with Crippen molar-refractivity contribution >= 4 is 28.4 Å². The van der Waals surface area contributed by atoms with E-state index in [2.05, 4.69) is 16.4 Å². The summed E-state index contributed by atoms with van der Waals surface area (Å²) in [5, 5.41) is 5.05. The van der Waals surface area contributed by atoms with Crippen molar-refractivity contribution in [3.8, 4) is 11.5 Å². The number of rotatable bonds is 5. The number of nitrogens with one attached hydrogen (secondary N) is 2. The lowest BCUT2D eigenvalue weighted by molar-refractivity contribution is -0.121. The quantitative estimate of drug-likeness (QED) is 0.661. The molecule has 0 spiro atoms. The predicted octanol–water partition coefficient (Wildman–Crippen LogP) is 4.57. The van der Waals surface area contributed by atoms with Gasteiger partial charge in [0.15, 0.2) is 11.5 Å². The van der Waals surface area contributed by atoms with Crippen LogP contribution in [0.4, 0.5) is 0 Å². The number of fused-ring (bicyclic) bond motifs is 3. The molecule has 28 heavy (non-hydrogen) atoms. The summed E-state index contributed by atoms with van der Waals surface area (Å²) in [7, 11) is 3.18. The third kappa shape index (κ3) is 3.42. The summed E-state index contributed by atoms with van der Waals surface area (Å²) in [6.45, 7) is 0. The number of aromatic nitrogens is 1. The molecule has 3 aromatic rings. The highest BCUT2D eigenvalue weighted by Crippen LogP contribution is 2.37. The van der Waals surface area contributed by atoms with Gasteiger partial charge in [0.25, 0.3) is 0 Å². The number of aryl methyl sites for hydroxylation is 1. The van der Waals surface area contributed by atoms with Crippen LogP contribution in [0.5, 0.6) is 11.5 Å². The maximum Gasteiger partial charge on any atom is 0.224 e. The number of hydrogen-bond donors (Lipinski definition) is 2. The summed E-state index contributed by atoms with van der Waals surface area (Å²) in [4.78, 5) is 16.2. The Hall–Kier alpha value is -2.66. The van der Waals surface area contributed by atoms with Crippen LogP contribution in [-0.2, 0) is 17.6 Å². The highest BCUT2D eigenvalue weighted by Gasteiger charge is 2.26. The van der Waals surface area contributed by atoms with Gasteiger partial charge in [0, 0.05) is 11.1 Å². The van der Waals surface area contributed by atoms with Gasteiger partial charge in [0.05, 0.1) is 37.2 Å². The first-order valence-electron chi connectivity index (χ1n) is 9.40. The maximum atomic E-state index is 12.7. The molecule has 2 N–H and O–H groups in total. The first kappa shape index (κ1) is 18.7. The number of H-pyrrole nitrogens is 1. The fourth-order valence-electron chi connectivity index (χ4n) is 4.02. The average Bonchev–Trinajstić information content (AvgIpc) is 3.09. The van der Waals surface area contributed by atoms with E-state index in [0.717, 1.165) is 41.4 Å². The zero-order chi connectivity index (χ0) is 19.7. The zero-order valence-electron chi connectivity index (χ0n) is 16.0. The number of carbonyl (C=O) groups excluding carboxylic acids is 1. The molecule has 5 nitrogen and oxygen atoms in total. The fraction of sp³-hybridized carbons (Fsp3) is 0.318. The number of amides is 1. The molecule has 1 aromatic heterocycles. The lowest BCUT2D eigenvalue weighted by atomic mass is 9.91. The minimum atomic E-state index is -0.0279. The predicted molar refractivity (Wildman–Crippen MR) is 110 cm³/mol. The molecule has 146 valence electrons. The van der Waals surface area contributed by atoms with Crippen molar-refractivity contribution < 1.29 is 14.3 Å². The minimum absolute atomic E-state index is 0.0187. The Morgan fingerprint density at radius 3 is 2.82 bits per heavy atom. The largest absolute Gasteiger partial charge is 0.493 e. The summed E-state index contributed by atoms with van der Waals surface area (Å²) < 4.78 is 10.6. The summed E-state index contributed by atoms with van der Waals surface area (Å²) in [6.07, 6.45) is 3.23. The van der Waals surface area contributed by atoms with E-state index in [9.17, 15) is 4.79 Å². The molecule has 0 bridgehead atoms. The van der Waals surface area contributed by atoms with Crippen LogP contribution in [0.1, 0.15) is 35.7 Å². The van der Waals surface area contributed by atoms with Crippen LogP contribution >= 0.6 is 11.6 Å². The van der Waals surface area contributed by atoms with Gasteiger partial charge >= 0.3 is 0 Å². The van der Waals surface area contributed by atoms with E-state index in [1.807, 2.05) is 30.3 Å². The van der Waals surface area contributed by atoms with E-state index in [1.165, 1.54) is 5.56 Å². The molecule has 0 aliphatic heterocycles. The molecule has 1 atom stereocenters. The standard InChI is InChI=1S/C22H23ClN2O3/c1-27-18-10-9-13(11-19(18)28-2)12-20(26)24-17-8-4-6-15-14-5-3-7-16(23)21(14)25-22(15)17/h3,5,7,9-11,17,25H,4,6,8,12H2,1-2H3,(H,24,26). The van der Waals surface area contributed by atoms with Crippen LogP contribution < -0.4 is 14.8 Å². The van der Waals surface area contributed by atoms with Gasteiger partial charge in [-0.25, -0.2) is 0 Å². The topological polar surface area (TPSA) is 63.3 Å². The monoisotopic (exact) mass is 398 g/mol. The van der Waals surface area contributed by atoms with Crippen LogP contribution in [0.2, 0.25) is 5.02 Å². The Kier molecular flexibility index (Phi) is 5.18. The maximum absolute atomic E-state index is 12.7.